The molecule has 0 aromatic carbocycles. The van der Waals surface area contributed by atoms with Crippen LogP contribution in [0.1, 0.15) is 27.2 Å². The first-order chi connectivity index (χ1) is 5.58. The molecule has 1 fully saturated rings. The second-order valence-corrected chi connectivity index (χ2v) is 4.81. The monoisotopic (exact) mass is 172 g/mol. The van der Waals surface area contributed by atoms with Crippen LogP contribution < -0.4 is 0 Å². The van der Waals surface area contributed by atoms with Crippen LogP contribution >= 0.6 is 0 Å². The lowest BCUT2D eigenvalue weighted by molar-refractivity contribution is 0.0440. The molecule has 0 N–H and O–H groups in total. The maximum absolute atomic E-state index is 5.60. The zero-order valence-electron chi connectivity index (χ0n) is 8.43. The molecule has 1 atom stereocenters. The summed E-state index contributed by atoms with van der Waals surface area (Å²) in [5.41, 5.74) is 0.291. The molecule has 0 bridgehead atoms. The Morgan fingerprint density at radius 3 is 2.67 bits per heavy atom. The molecular formula is C10H20O2. The molecule has 0 radical (unpaired) electrons. The summed E-state index contributed by atoms with van der Waals surface area (Å²) in [5, 5.41) is 0. The summed E-state index contributed by atoms with van der Waals surface area (Å²) >= 11 is 0. The summed E-state index contributed by atoms with van der Waals surface area (Å²) in [6, 6.07) is 0. The summed E-state index contributed by atoms with van der Waals surface area (Å²) in [6.07, 6.45) is 1.17. The molecule has 1 aliphatic rings. The minimum absolute atomic E-state index is 0.291. The largest absolute Gasteiger partial charge is 0.381 e. The van der Waals surface area contributed by atoms with Crippen molar-refractivity contribution in [2.75, 3.05) is 26.4 Å². The molecule has 0 aromatic rings. The van der Waals surface area contributed by atoms with Gasteiger partial charge in [-0.25, -0.2) is 0 Å². The van der Waals surface area contributed by atoms with Gasteiger partial charge in [-0.3, -0.25) is 0 Å². The van der Waals surface area contributed by atoms with Gasteiger partial charge in [-0.2, -0.15) is 0 Å². The third-order valence-corrected chi connectivity index (χ3v) is 1.91. The predicted molar refractivity (Wildman–Crippen MR) is 49.2 cm³/mol. The first-order valence-electron chi connectivity index (χ1n) is 4.73. The molecule has 1 aliphatic heterocycles. The van der Waals surface area contributed by atoms with Crippen LogP contribution in [0.3, 0.4) is 0 Å². The molecule has 0 aliphatic carbocycles. The molecule has 1 unspecified atom stereocenters. The van der Waals surface area contributed by atoms with Crippen molar-refractivity contribution in [3.05, 3.63) is 0 Å². The van der Waals surface area contributed by atoms with Gasteiger partial charge >= 0.3 is 0 Å². The summed E-state index contributed by atoms with van der Waals surface area (Å²) < 4.78 is 10.9. The van der Waals surface area contributed by atoms with E-state index in [1.165, 1.54) is 6.42 Å². The van der Waals surface area contributed by atoms with Gasteiger partial charge in [0.2, 0.25) is 0 Å². The first-order valence-corrected chi connectivity index (χ1v) is 4.73. The molecule has 0 spiro atoms. The Morgan fingerprint density at radius 2 is 2.17 bits per heavy atom. The zero-order valence-corrected chi connectivity index (χ0v) is 8.43. The number of rotatable bonds is 3. The summed E-state index contributed by atoms with van der Waals surface area (Å²) in [5.74, 6) is 0.646. The van der Waals surface area contributed by atoms with Crippen molar-refractivity contribution in [3.8, 4) is 0 Å². The summed E-state index contributed by atoms with van der Waals surface area (Å²) in [4.78, 5) is 0. The number of hydrogen-bond acceptors (Lipinski definition) is 2. The van der Waals surface area contributed by atoms with E-state index >= 15 is 0 Å². The molecule has 2 heteroatoms. The molecule has 12 heavy (non-hydrogen) atoms. The van der Waals surface area contributed by atoms with Gasteiger partial charge in [0.1, 0.15) is 0 Å². The standard InChI is InChI=1S/C10H20O2/c1-10(2,3)8-12-7-9-4-5-11-6-9/h9H,4-8H2,1-3H3. The summed E-state index contributed by atoms with van der Waals surface area (Å²) in [6.45, 7) is 10.1. The van der Waals surface area contributed by atoms with Gasteiger partial charge in [0.15, 0.2) is 0 Å². The van der Waals surface area contributed by atoms with Crippen molar-refractivity contribution in [2.24, 2.45) is 11.3 Å². The highest BCUT2D eigenvalue weighted by molar-refractivity contribution is 4.64. The van der Waals surface area contributed by atoms with Crippen LogP contribution in [-0.4, -0.2) is 26.4 Å². The quantitative estimate of drug-likeness (QED) is 0.649. The average Bonchev–Trinajstić information content (AvgIpc) is 2.36. The lowest BCUT2D eigenvalue weighted by Crippen LogP contribution is -2.18. The Morgan fingerprint density at radius 1 is 1.42 bits per heavy atom. The Labute approximate surface area is 75.2 Å². The fourth-order valence-electron chi connectivity index (χ4n) is 1.25. The molecular weight excluding hydrogens is 152 g/mol. The number of hydrogen-bond donors (Lipinski definition) is 0. The van der Waals surface area contributed by atoms with Crippen molar-refractivity contribution in [2.45, 2.75) is 27.2 Å². The van der Waals surface area contributed by atoms with Gasteiger partial charge in [0, 0.05) is 12.5 Å². The molecule has 0 aromatic heterocycles. The van der Waals surface area contributed by atoms with E-state index in [-0.39, 0.29) is 0 Å². The van der Waals surface area contributed by atoms with Crippen molar-refractivity contribution < 1.29 is 9.47 Å². The zero-order chi connectivity index (χ0) is 9.03. The highest BCUT2D eigenvalue weighted by atomic mass is 16.5. The molecule has 1 rings (SSSR count). The van der Waals surface area contributed by atoms with Crippen molar-refractivity contribution in [3.63, 3.8) is 0 Å². The van der Waals surface area contributed by atoms with Gasteiger partial charge in [0.05, 0.1) is 19.8 Å². The van der Waals surface area contributed by atoms with E-state index in [9.17, 15) is 0 Å². The molecule has 2 nitrogen and oxygen atoms in total. The fraction of sp³-hybridized carbons (Fsp3) is 1.00. The van der Waals surface area contributed by atoms with Crippen LogP contribution in [0.25, 0.3) is 0 Å². The third kappa shape index (κ3) is 4.07. The molecule has 0 amide bonds. The van der Waals surface area contributed by atoms with E-state index in [2.05, 4.69) is 20.8 Å². The molecule has 1 saturated heterocycles. The van der Waals surface area contributed by atoms with Gasteiger partial charge in [-0.1, -0.05) is 20.8 Å². The van der Waals surface area contributed by atoms with E-state index in [1.54, 1.807) is 0 Å². The first kappa shape index (κ1) is 10.0. The predicted octanol–water partition coefficient (Wildman–Crippen LogP) is 2.09. The van der Waals surface area contributed by atoms with Crippen molar-refractivity contribution in [1.29, 1.82) is 0 Å². The Balaban J connectivity index is 2.02. The van der Waals surface area contributed by atoms with Crippen molar-refractivity contribution in [1.82, 2.24) is 0 Å². The summed E-state index contributed by atoms with van der Waals surface area (Å²) in [7, 11) is 0. The maximum atomic E-state index is 5.60. The highest BCUT2D eigenvalue weighted by Gasteiger charge is 2.17. The van der Waals surface area contributed by atoms with Crippen LogP contribution in [0.15, 0.2) is 0 Å². The van der Waals surface area contributed by atoms with Crippen LogP contribution in [0, 0.1) is 11.3 Å². The normalized spacial score (nSPS) is 24.8. The van der Waals surface area contributed by atoms with Gasteiger partial charge in [-0.05, 0) is 11.8 Å². The van der Waals surface area contributed by atoms with Gasteiger partial charge in [0.25, 0.3) is 0 Å². The van der Waals surface area contributed by atoms with E-state index in [4.69, 9.17) is 9.47 Å². The molecule has 1 heterocycles. The highest BCUT2D eigenvalue weighted by Crippen LogP contribution is 2.16. The van der Waals surface area contributed by atoms with Crippen LogP contribution in [0.2, 0.25) is 0 Å². The Bertz CT molecular complexity index is 120. The SMILES string of the molecule is CC(C)(C)COCC1CCOC1. The second-order valence-electron chi connectivity index (χ2n) is 4.81. The minimum Gasteiger partial charge on any atom is -0.381 e. The van der Waals surface area contributed by atoms with Gasteiger partial charge < -0.3 is 9.47 Å². The fourth-order valence-corrected chi connectivity index (χ4v) is 1.25. The smallest absolute Gasteiger partial charge is 0.0517 e. The van der Waals surface area contributed by atoms with Crippen molar-refractivity contribution >= 4 is 0 Å². The topological polar surface area (TPSA) is 18.5 Å². The van der Waals surface area contributed by atoms with Crippen LogP contribution in [-0.2, 0) is 9.47 Å². The second kappa shape index (κ2) is 4.24. The van der Waals surface area contributed by atoms with E-state index < -0.39 is 0 Å². The van der Waals surface area contributed by atoms with Crippen LogP contribution in [0.4, 0.5) is 0 Å². The molecule has 0 saturated carbocycles. The van der Waals surface area contributed by atoms with E-state index in [1.807, 2.05) is 0 Å². The van der Waals surface area contributed by atoms with Gasteiger partial charge in [-0.15, -0.1) is 0 Å². The maximum Gasteiger partial charge on any atom is 0.0517 e. The Hall–Kier alpha value is -0.0800. The average molecular weight is 172 g/mol. The lowest BCUT2D eigenvalue weighted by atomic mass is 9.98. The number of ether oxygens (including phenoxy) is 2. The molecule has 72 valence electrons. The third-order valence-electron chi connectivity index (χ3n) is 1.91. The van der Waals surface area contributed by atoms with E-state index in [0.29, 0.717) is 11.3 Å². The Kier molecular flexibility index (Phi) is 3.53. The lowest BCUT2D eigenvalue weighted by Gasteiger charge is -2.19. The van der Waals surface area contributed by atoms with Crippen LogP contribution in [0.5, 0.6) is 0 Å². The van der Waals surface area contributed by atoms with E-state index in [0.717, 1.165) is 26.4 Å². The minimum atomic E-state index is 0.291.